The Morgan fingerprint density at radius 2 is 2.31 bits per heavy atom. The molecular formula is C12H14N2OS. The van der Waals surface area contributed by atoms with Crippen molar-refractivity contribution in [2.24, 2.45) is 4.99 Å². The molecular weight excluding hydrogens is 220 g/mol. The van der Waals surface area contributed by atoms with Crippen molar-refractivity contribution in [1.29, 1.82) is 5.26 Å². The Hall–Kier alpha value is -1.34. The minimum atomic E-state index is 0.608. The number of nitriles is 1. The molecule has 84 valence electrons. The van der Waals surface area contributed by atoms with E-state index in [9.17, 15) is 0 Å². The summed E-state index contributed by atoms with van der Waals surface area (Å²) in [5, 5.41) is 9.97. The van der Waals surface area contributed by atoms with Crippen LogP contribution in [0.15, 0.2) is 4.99 Å². The minimum Gasteiger partial charge on any atom is -0.483 e. The van der Waals surface area contributed by atoms with E-state index in [1.54, 1.807) is 11.3 Å². The fourth-order valence-corrected chi connectivity index (χ4v) is 3.09. The van der Waals surface area contributed by atoms with Crippen LogP contribution in [0.2, 0.25) is 0 Å². The minimum absolute atomic E-state index is 0.608. The lowest BCUT2D eigenvalue weighted by molar-refractivity contribution is 0.344. The standard InChI is InChI=1S/C12H14N2OS/c1-2-15-8-14-12-10(7-13)9-5-3-4-6-11(9)16-12/h8H,2-6H2,1H3. The third-order valence-corrected chi connectivity index (χ3v) is 3.88. The Bertz CT molecular complexity index is 443. The van der Waals surface area contributed by atoms with Gasteiger partial charge in [0, 0.05) is 4.88 Å². The van der Waals surface area contributed by atoms with E-state index in [4.69, 9.17) is 10.00 Å². The van der Waals surface area contributed by atoms with Crippen LogP contribution < -0.4 is 0 Å². The van der Waals surface area contributed by atoms with Crippen LogP contribution in [-0.4, -0.2) is 13.0 Å². The van der Waals surface area contributed by atoms with Crippen molar-refractivity contribution in [3.8, 4) is 6.07 Å². The first-order chi connectivity index (χ1) is 7.86. The summed E-state index contributed by atoms with van der Waals surface area (Å²) in [5.41, 5.74) is 1.98. The highest BCUT2D eigenvalue weighted by atomic mass is 32.1. The summed E-state index contributed by atoms with van der Waals surface area (Å²) < 4.78 is 5.07. The molecule has 1 aliphatic carbocycles. The van der Waals surface area contributed by atoms with Crippen molar-refractivity contribution in [1.82, 2.24) is 0 Å². The van der Waals surface area contributed by atoms with Crippen molar-refractivity contribution in [2.75, 3.05) is 6.61 Å². The predicted octanol–water partition coefficient (Wildman–Crippen LogP) is 3.19. The van der Waals surface area contributed by atoms with E-state index >= 15 is 0 Å². The van der Waals surface area contributed by atoms with E-state index in [1.165, 1.54) is 29.7 Å². The highest BCUT2D eigenvalue weighted by Gasteiger charge is 2.19. The molecule has 1 aromatic heterocycles. The molecule has 0 N–H and O–H groups in total. The Kier molecular flexibility index (Phi) is 3.58. The molecule has 0 saturated heterocycles. The van der Waals surface area contributed by atoms with Gasteiger partial charge in [-0.05, 0) is 38.2 Å². The van der Waals surface area contributed by atoms with E-state index in [1.807, 2.05) is 6.92 Å². The summed E-state index contributed by atoms with van der Waals surface area (Å²) in [6.45, 7) is 2.52. The van der Waals surface area contributed by atoms with E-state index in [2.05, 4.69) is 11.1 Å². The van der Waals surface area contributed by atoms with Gasteiger partial charge < -0.3 is 4.74 Å². The first kappa shape index (κ1) is 11.2. The highest BCUT2D eigenvalue weighted by molar-refractivity contribution is 7.16. The summed E-state index contributed by atoms with van der Waals surface area (Å²) in [6, 6.07) is 2.27. The molecule has 3 nitrogen and oxygen atoms in total. The van der Waals surface area contributed by atoms with Crippen molar-refractivity contribution in [3.63, 3.8) is 0 Å². The third kappa shape index (κ3) is 2.10. The number of thiophene rings is 1. The van der Waals surface area contributed by atoms with Crippen LogP contribution in [0.4, 0.5) is 5.00 Å². The van der Waals surface area contributed by atoms with Crippen LogP contribution in [0, 0.1) is 11.3 Å². The van der Waals surface area contributed by atoms with Crippen LogP contribution in [0.1, 0.15) is 35.8 Å². The van der Waals surface area contributed by atoms with Crippen molar-refractivity contribution in [3.05, 3.63) is 16.0 Å². The Labute approximate surface area is 99.4 Å². The number of ether oxygens (including phenoxy) is 1. The molecule has 4 heteroatoms. The van der Waals surface area contributed by atoms with E-state index in [0.29, 0.717) is 6.61 Å². The lowest BCUT2D eigenvalue weighted by atomic mass is 9.96. The lowest BCUT2D eigenvalue weighted by Gasteiger charge is -2.09. The van der Waals surface area contributed by atoms with Gasteiger partial charge in [0.25, 0.3) is 0 Å². The monoisotopic (exact) mass is 234 g/mol. The largest absolute Gasteiger partial charge is 0.483 e. The number of hydrogen-bond acceptors (Lipinski definition) is 4. The number of nitrogens with zero attached hydrogens (tertiary/aromatic N) is 2. The van der Waals surface area contributed by atoms with E-state index in [-0.39, 0.29) is 0 Å². The van der Waals surface area contributed by atoms with Gasteiger partial charge in [0.2, 0.25) is 0 Å². The summed E-state index contributed by atoms with van der Waals surface area (Å²) in [6.07, 6.45) is 5.98. The van der Waals surface area contributed by atoms with Crippen molar-refractivity contribution < 1.29 is 4.74 Å². The van der Waals surface area contributed by atoms with Crippen LogP contribution in [-0.2, 0) is 17.6 Å². The highest BCUT2D eigenvalue weighted by Crippen LogP contribution is 2.39. The summed E-state index contributed by atoms with van der Waals surface area (Å²) >= 11 is 1.64. The first-order valence-electron chi connectivity index (χ1n) is 5.55. The second-order valence-electron chi connectivity index (χ2n) is 3.69. The van der Waals surface area contributed by atoms with Gasteiger partial charge >= 0.3 is 0 Å². The molecule has 1 aliphatic rings. The van der Waals surface area contributed by atoms with Crippen LogP contribution in [0.5, 0.6) is 0 Å². The lowest BCUT2D eigenvalue weighted by Crippen LogP contribution is -1.99. The number of aliphatic imine (C=N–C) groups is 1. The summed E-state index contributed by atoms with van der Waals surface area (Å²) in [5.74, 6) is 0. The molecule has 0 unspecified atom stereocenters. The van der Waals surface area contributed by atoms with Gasteiger partial charge in [-0.25, -0.2) is 4.99 Å². The zero-order chi connectivity index (χ0) is 11.4. The Balaban J connectivity index is 2.31. The van der Waals surface area contributed by atoms with Gasteiger partial charge in [-0.15, -0.1) is 11.3 Å². The van der Waals surface area contributed by atoms with Gasteiger partial charge in [0.1, 0.15) is 11.1 Å². The maximum absolute atomic E-state index is 9.16. The second-order valence-corrected chi connectivity index (χ2v) is 4.78. The Morgan fingerprint density at radius 3 is 3.06 bits per heavy atom. The maximum Gasteiger partial charge on any atom is 0.175 e. The predicted molar refractivity (Wildman–Crippen MR) is 65.5 cm³/mol. The first-order valence-corrected chi connectivity index (χ1v) is 6.37. The van der Waals surface area contributed by atoms with Crippen molar-refractivity contribution in [2.45, 2.75) is 32.6 Å². The van der Waals surface area contributed by atoms with Gasteiger partial charge in [-0.1, -0.05) is 0 Å². The number of aryl methyl sites for hydroxylation is 1. The van der Waals surface area contributed by atoms with Crippen LogP contribution in [0.25, 0.3) is 0 Å². The molecule has 0 saturated carbocycles. The van der Waals surface area contributed by atoms with Gasteiger partial charge in [0.15, 0.2) is 6.40 Å². The van der Waals surface area contributed by atoms with Crippen LogP contribution >= 0.6 is 11.3 Å². The number of rotatable bonds is 3. The molecule has 16 heavy (non-hydrogen) atoms. The third-order valence-electron chi connectivity index (χ3n) is 2.68. The molecule has 0 spiro atoms. The molecule has 1 aromatic rings. The molecule has 0 aromatic carbocycles. The fraction of sp³-hybridized carbons (Fsp3) is 0.500. The summed E-state index contributed by atoms with van der Waals surface area (Å²) in [4.78, 5) is 5.56. The fourth-order valence-electron chi connectivity index (χ4n) is 1.92. The zero-order valence-corrected chi connectivity index (χ0v) is 10.1. The SMILES string of the molecule is CCOC=Nc1sc2c(c1C#N)CCCC2. The van der Waals surface area contributed by atoms with E-state index < -0.39 is 0 Å². The number of fused-ring (bicyclic) bond motifs is 1. The average Bonchev–Trinajstić information content (AvgIpc) is 2.67. The van der Waals surface area contributed by atoms with Gasteiger partial charge in [-0.2, -0.15) is 5.26 Å². The molecule has 0 atom stereocenters. The van der Waals surface area contributed by atoms with Gasteiger partial charge in [0.05, 0.1) is 12.2 Å². The van der Waals surface area contributed by atoms with Gasteiger partial charge in [-0.3, -0.25) is 0 Å². The maximum atomic E-state index is 9.16. The normalized spacial score (nSPS) is 14.8. The second kappa shape index (κ2) is 5.13. The molecule has 0 amide bonds. The smallest absolute Gasteiger partial charge is 0.175 e. The van der Waals surface area contributed by atoms with Crippen molar-refractivity contribution >= 4 is 22.7 Å². The van der Waals surface area contributed by atoms with Crippen LogP contribution in [0.3, 0.4) is 0 Å². The quantitative estimate of drug-likeness (QED) is 0.595. The van der Waals surface area contributed by atoms with E-state index in [0.717, 1.165) is 23.4 Å². The molecule has 2 rings (SSSR count). The Morgan fingerprint density at radius 1 is 1.50 bits per heavy atom. The molecule has 0 aliphatic heterocycles. The zero-order valence-electron chi connectivity index (χ0n) is 9.32. The summed E-state index contributed by atoms with van der Waals surface area (Å²) in [7, 11) is 0. The molecule has 0 bridgehead atoms. The topological polar surface area (TPSA) is 45.4 Å². The average molecular weight is 234 g/mol. The molecule has 0 radical (unpaired) electrons. The number of hydrogen-bond donors (Lipinski definition) is 0. The molecule has 0 fully saturated rings. The molecule has 1 heterocycles.